The maximum atomic E-state index is 11.0. The number of ketones is 1. The van der Waals surface area contributed by atoms with Crippen molar-refractivity contribution < 1.29 is 4.79 Å². The third kappa shape index (κ3) is 2.04. The van der Waals surface area contributed by atoms with Crippen LogP contribution in [-0.2, 0) is 0 Å². The molecule has 2 rings (SSSR count). The Morgan fingerprint density at radius 2 is 1.93 bits per heavy atom. The van der Waals surface area contributed by atoms with Crippen molar-refractivity contribution in [3.63, 3.8) is 0 Å². The average molecular weight is 199 g/mol. The van der Waals surface area contributed by atoms with E-state index in [1.807, 2.05) is 18.2 Å². The predicted octanol–water partition coefficient (Wildman–Crippen LogP) is 1.74. The van der Waals surface area contributed by atoms with Crippen molar-refractivity contribution in [1.82, 2.24) is 15.2 Å². The van der Waals surface area contributed by atoms with Gasteiger partial charge in [-0.2, -0.15) is 0 Å². The Bertz CT molecular complexity index is 465. The second kappa shape index (κ2) is 3.96. The number of carbonyl (C=O) groups is 1. The molecular weight excluding hydrogens is 190 g/mol. The minimum atomic E-state index is -0.0879. The van der Waals surface area contributed by atoms with E-state index in [0.717, 1.165) is 5.69 Å². The molecule has 0 aliphatic carbocycles. The molecule has 2 aromatic rings. The highest BCUT2D eigenvalue weighted by molar-refractivity contribution is 5.92. The van der Waals surface area contributed by atoms with Gasteiger partial charge >= 0.3 is 0 Å². The third-order valence-electron chi connectivity index (χ3n) is 1.95. The molecule has 2 aromatic heterocycles. The molecule has 0 aliphatic heterocycles. The van der Waals surface area contributed by atoms with Crippen LogP contribution in [0.5, 0.6) is 0 Å². The molecule has 0 unspecified atom stereocenters. The van der Waals surface area contributed by atoms with E-state index in [2.05, 4.69) is 15.2 Å². The van der Waals surface area contributed by atoms with Crippen molar-refractivity contribution in [3.8, 4) is 11.4 Å². The van der Waals surface area contributed by atoms with Crippen LogP contribution in [0.15, 0.2) is 36.5 Å². The SMILES string of the molecule is CC(=O)c1ccc(-c2ccccn2)nn1. The molecule has 0 fully saturated rings. The summed E-state index contributed by atoms with van der Waals surface area (Å²) in [5.41, 5.74) is 1.79. The lowest BCUT2D eigenvalue weighted by Crippen LogP contribution is -1.99. The predicted molar refractivity (Wildman–Crippen MR) is 55.3 cm³/mol. The van der Waals surface area contributed by atoms with Crippen molar-refractivity contribution in [2.24, 2.45) is 0 Å². The fraction of sp³-hybridized carbons (Fsp3) is 0.0909. The number of aromatic nitrogens is 3. The van der Waals surface area contributed by atoms with Gasteiger partial charge in [0.05, 0.1) is 5.69 Å². The van der Waals surface area contributed by atoms with Gasteiger partial charge in [0.1, 0.15) is 11.4 Å². The first kappa shape index (κ1) is 9.45. The van der Waals surface area contributed by atoms with Gasteiger partial charge < -0.3 is 0 Å². The van der Waals surface area contributed by atoms with Gasteiger partial charge in [-0.1, -0.05) is 6.07 Å². The van der Waals surface area contributed by atoms with Crippen molar-refractivity contribution in [2.45, 2.75) is 6.92 Å². The van der Waals surface area contributed by atoms with Gasteiger partial charge in [-0.15, -0.1) is 10.2 Å². The zero-order chi connectivity index (χ0) is 10.7. The van der Waals surface area contributed by atoms with Crippen LogP contribution in [0.3, 0.4) is 0 Å². The van der Waals surface area contributed by atoms with Crippen LogP contribution in [0.1, 0.15) is 17.4 Å². The van der Waals surface area contributed by atoms with E-state index in [4.69, 9.17) is 0 Å². The Morgan fingerprint density at radius 3 is 2.47 bits per heavy atom. The van der Waals surface area contributed by atoms with Crippen molar-refractivity contribution >= 4 is 5.78 Å². The fourth-order valence-electron chi connectivity index (χ4n) is 1.17. The summed E-state index contributed by atoms with van der Waals surface area (Å²) < 4.78 is 0. The molecule has 74 valence electrons. The monoisotopic (exact) mass is 199 g/mol. The molecule has 0 atom stereocenters. The van der Waals surface area contributed by atoms with Gasteiger partial charge in [-0.05, 0) is 24.3 Å². The summed E-state index contributed by atoms with van der Waals surface area (Å²) in [5, 5.41) is 7.75. The Balaban J connectivity index is 2.36. The Labute approximate surface area is 87.0 Å². The highest BCUT2D eigenvalue weighted by atomic mass is 16.1. The van der Waals surface area contributed by atoms with Gasteiger partial charge in [0.25, 0.3) is 0 Å². The molecule has 0 saturated heterocycles. The minimum Gasteiger partial charge on any atom is -0.293 e. The molecule has 0 spiro atoms. The Kier molecular flexibility index (Phi) is 2.49. The summed E-state index contributed by atoms with van der Waals surface area (Å²) in [6.07, 6.45) is 1.69. The molecule has 0 radical (unpaired) electrons. The molecule has 0 amide bonds. The Hall–Kier alpha value is -2.10. The molecule has 0 aromatic carbocycles. The van der Waals surface area contributed by atoms with Gasteiger partial charge in [0.2, 0.25) is 0 Å². The lowest BCUT2D eigenvalue weighted by atomic mass is 10.2. The fourth-order valence-corrected chi connectivity index (χ4v) is 1.17. The number of pyridine rings is 1. The summed E-state index contributed by atoms with van der Waals surface area (Å²) >= 11 is 0. The lowest BCUT2D eigenvalue weighted by molar-refractivity contribution is 0.101. The van der Waals surface area contributed by atoms with Gasteiger partial charge in [-0.3, -0.25) is 9.78 Å². The smallest absolute Gasteiger partial charge is 0.180 e. The first-order valence-electron chi connectivity index (χ1n) is 4.53. The summed E-state index contributed by atoms with van der Waals surface area (Å²) in [5.74, 6) is -0.0879. The van der Waals surface area contributed by atoms with E-state index >= 15 is 0 Å². The van der Waals surface area contributed by atoms with E-state index in [-0.39, 0.29) is 5.78 Å². The second-order valence-corrected chi connectivity index (χ2v) is 3.07. The van der Waals surface area contributed by atoms with Gasteiger partial charge in [-0.25, -0.2) is 0 Å². The molecule has 0 N–H and O–H groups in total. The van der Waals surface area contributed by atoms with Crippen LogP contribution < -0.4 is 0 Å². The highest BCUT2D eigenvalue weighted by Crippen LogP contribution is 2.11. The summed E-state index contributed by atoms with van der Waals surface area (Å²) in [6.45, 7) is 1.46. The number of rotatable bonds is 2. The molecule has 4 heteroatoms. The van der Waals surface area contributed by atoms with E-state index in [1.54, 1.807) is 18.3 Å². The van der Waals surface area contributed by atoms with Crippen LogP contribution in [0, 0.1) is 0 Å². The normalized spacial score (nSPS) is 9.93. The zero-order valence-corrected chi connectivity index (χ0v) is 8.21. The third-order valence-corrected chi connectivity index (χ3v) is 1.95. The minimum absolute atomic E-state index is 0.0879. The molecule has 0 saturated carbocycles. The number of nitrogens with zero attached hydrogens (tertiary/aromatic N) is 3. The van der Waals surface area contributed by atoms with Crippen molar-refractivity contribution in [1.29, 1.82) is 0 Å². The lowest BCUT2D eigenvalue weighted by Gasteiger charge is -1.98. The van der Waals surface area contributed by atoms with Gasteiger partial charge in [0.15, 0.2) is 5.78 Å². The van der Waals surface area contributed by atoms with Crippen LogP contribution in [-0.4, -0.2) is 21.0 Å². The topological polar surface area (TPSA) is 55.7 Å². The average Bonchev–Trinajstić information content (AvgIpc) is 2.30. The molecular formula is C11H9N3O. The van der Waals surface area contributed by atoms with Crippen LogP contribution in [0.4, 0.5) is 0 Å². The van der Waals surface area contributed by atoms with Crippen LogP contribution in [0.2, 0.25) is 0 Å². The summed E-state index contributed by atoms with van der Waals surface area (Å²) in [7, 11) is 0. The molecule has 15 heavy (non-hydrogen) atoms. The zero-order valence-electron chi connectivity index (χ0n) is 8.21. The quantitative estimate of drug-likeness (QED) is 0.691. The molecule has 4 nitrogen and oxygen atoms in total. The summed E-state index contributed by atoms with van der Waals surface area (Å²) in [4.78, 5) is 15.1. The first-order chi connectivity index (χ1) is 7.27. The number of carbonyl (C=O) groups excluding carboxylic acids is 1. The highest BCUT2D eigenvalue weighted by Gasteiger charge is 2.03. The maximum absolute atomic E-state index is 11.0. The Morgan fingerprint density at radius 1 is 1.07 bits per heavy atom. The molecule has 0 bridgehead atoms. The number of hydrogen-bond donors (Lipinski definition) is 0. The molecule has 2 heterocycles. The van der Waals surface area contributed by atoms with E-state index in [1.165, 1.54) is 6.92 Å². The van der Waals surface area contributed by atoms with Crippen LogP contribution in [0.25, 0.3) is 11.4 Å². The maximum Gasteiger partial charge on any atom is 0.180 e. The molecule has 0 aliphatic rings. The van der Waals surface area contributed by atoms with E-state index in [9.17, 15) is 4.79 Å². The largest absolute Gasteiger partial charge is 0.293 e. The summed E-state index contributed by atoms with van der Waals surface area (Å²) in [6, 6.07) is 8.95. The first-order valence-corrected chi connectivity index (χ1v) is 4.53. The van der Waals surface area contributed by atoms with E-state index < -0.39 is 0 Å². The van der Waals surface area contributed by atoms with Crippen LogP contribution >= 0.6 is 0 Å². The van der Waals surface area contributed by atoms with Crippen molar-refractivity contribution in [3.05, 3.63) is 42.2 Å². The van der Waals surface area contributed by atoms with Crippen molar-refractivity contribution in [2.75, 3.05) is 0 Å². The second-order valence-electron chi connectivity index (χ2n) is 3.07. The van der Waals surface area contributed by atoms with E-state index in [0.29, 0.717) is 11.4 Å². The number of hydrogen-bond acceptors (Lipinski definition) is 4. The standard InChI is InChI=1S/C11H9N3O/c1-8(15)9-5-6-11(14-13-9)10-4-2-3-7-12-10/h2-7H,1H3. The van der Waals surface area contributed by atoms with Gasteiger partial charge in [0, 0.05) is 13.1 Å². The number of Topliss-reactive ketones (excluding diaryl/α,β-unsaturated/α-hetero) is 1.